The van der Waals surface area contributed by atoms with Gasteiger partial charge in [-0.1, -0.05) is 24.3 Å². The Labute approximate surface area is 239 Å². The third kappa shape index (κ3) is 5.58. The number of hydrogen-bond donors (Lipinski definition) is 7. The summed E-state index contributed by atoms with van der Waals surface area (Å²) in [7, 11) is 0. The van der Waals surface area contributed by atoms with Crippen molar-refractivity contribution in [1.29, 1.82) is 0 Å². The highest BCUT2D eigenvalue weighted by Gasteiger charge is 2.49. The lowest BCUT2D eigenvalue weighted by Gasteiger charge is -2.42. The molecule has 5 atom stereocenters. The summed E-state index contributed by atoms with van der Waals surface area (Å²) in [4.78, 5) is 26.0. The molecule has 0 spiro atoms. The largest absolute Gasteiger partial charge is 0.508 e. The molecular weight excluding hydrogens is 548 g/mol. The fourth-order valence-corrected chi connectivity index (χ4v) is 5.21. The van der Waals surface area contributed by atoms with Gasteiger partial charge in [-0.2, -0.15) is 0 Å². The van der Waals surface area contributed by atoms with Crippen molar-refractivity contribution in [2.24, 2.45) is 0 Å². The Hall–Kier alpha value is -4.68. The van der Waals surface area contributed by atoms with E-state index in [0.717, 1.165) is 12.1 Å². The smallest absolute Gasteiger partial charge is 0.331 e. The first-order valence-corrected chi connectivity index (χ1v) is 13.0. The summed E-state index contributed by atoms with van der Waals surface area (Å²) < 4.78 is 11.4. The van der Waals surface area contributed by atoms with Crippen LogP contribution < -0.4 is 0 Å². The predicted octanol–water partition coefficient (Wildman–Crippen LogP) is 2.11. The second-order valence-electron chi connectivity index (χ2n) is 10.0. The summed E-state index contributed by atoms with van der Waals surface area (Å²) in [5.74, 6) is -2.51. The summed E-state index contributed by atoms with van der Waals surface area (Å²) in [6.45, 7) is -0.727. The van der Waals surface area contributed by atoms with Gasteiger partial charge in [0.25, 0.3) is 0 Å². The van der Waals surface area contributed by atoms with Crippen molar-refractivity contribution < 1.29 is 54.8 Å². The first-order valence-electron chi connectivity index (χ1n) is 13.0. The van der Waals surface area contributed by atoms with Crippen molar-refractivity contribution in [1.82, 2.24) is 0 Å². The van der Waals surface area contributed by atoms with Crippen LogP contribution in [0.5, 0.6) is 23.0 Å². The minimum atomic E-state index is -1.78. The minimum absolute atomic E-state index is 0.00708. The highest BCUT2D eigenvalue weighted by atomic mass is 16.6. The molecule has 218 valence electrons. The third-order valence-electron chi connectivity index (χ3n) is 7.30. The fourth-order valence-electron chi connectivity index (χ4n) is 5.21. The minimum Gasteiger partial charge on any atom is -0.508 e. The summed E-state index contributed by atoms with van der Waals surface area (Å²) in [6, 6.07) is 12.9. The van der Waals surface area contributed by atoms with Crippen LogP contribution in [0.15, 0.2) is 66.7 Å². The molecule has 0 saturated carbocycles. The van der Waals surface area contributed by atoms with Gasteiger partial charge < -0.3 is 45.2 Å². The first-order chi connectivity index (χ1) is 20.1. The molecule has 11 heteroatoms. The molecule has 0 amide bonds. The summed E-state index contributed by atoms with van der Waals surface area (Å²) in [5.41, 5.74) is 1.54. The molecular formula is C31H28O11. The van der Waals surface area contributed by atoms with Crippen molar-refractivity contribution >= 4 is 23.4 Å². The van der Waals surface area contributed by atoms with Gasteiger partial charge in [0, 0.05) is 17.7 Å². The molecule has 42 heavy (non-hydrogen) atoms. The molecule has 7 N–H and O–H groups in total. The van der Waals surface area contributed by atoms with E-state index in [0.29, 0.717) is 16.7 Å². The highest BCUT2D eigenvalue weighted by molar-refractivity contribution is 6.14. The average Bonchev–Trinajstić information content (AvgIpc) is 2.96. The summed E-state index contributed by atoms with van der Waals surface area (Å²) >= 11 is 0. The Morgan fingerprint density at radius 1 is 0.929 bits per heavy atom. The van der Waals surface area contributed by atoms with E-state index in [9.17, 15) is 45.3 Å². The lowest BCUT2D eigenvalue weighted by atomic mass is 9.80. The van der Waals surface area contributed by atoms with E-state index in [1.807, 2.05) is 0 Å². The van der Waals surface area contributed by atoms with Crippen LogP contribution in [0.4, 0.5) is 0 Å². The van der Waals surface area contributed by atoms with Gasteiger partial charge in [0.2, 0.25) is 0 Å². The number of aromatic hydroxyl groups is 4. The number of aliphatic hydroxyl groups is 3. The number of esters is 1. The van der Waals surface area contributed by atoms with Gasteiger partial charge in [-0.05, 0) is 65.1 Å². The van der Waals surface area contributed by atoms with Crippen LogP contribution in [0.1, 0.15) is 38.7 Å². The molecule has 5 rings (SSSR count). The van der Waals surface area contributed by atoms with Crippen LogP contribution in [0.2, 0.25) is 0 Å². The second kappa shape index (κ2) is 11.7. The van der Waals surface area contributed by atoms with E-state index >= 15 is 0 Å². The standard InChI is InChI=1S/C31H28O11/c32-14-24-28(39)29(40)31(42-25(38)10-3-15-1-6-18(33)7-2-15)30(41-24)27-20-11-17(16-4-8-19(34)9-5-16)12-21(35)26(20)22(36)13-23(27)37/h1-10,12-13,24,28-34,36-37,39-40H,11,14H2. The van der Waals surface area contributed by atoms with Crippen LogP contribution in [-0.2, 0) is 20.7 Å². The molecule has 0 bridgehead atoms. The molecule has 11 nitrogen and oxygen atoms in total. The van der Waals surface area contributed by atoms with Crippen molar-refractivity contribution in [3.05, 3.63) is 94.6 Å². The van der Waals surface area contributed by atoms with Crippen LogP contribution >= 0.6 is 0 Å². The van der Waals surface area contributed by atoms with Crippen LogP contribution in [-0.4, -0.2) is 78.5 Å². The maximum Gasteiger partial charge on any atom is 0.331 e. The van der Waals surface area contributed by atoms with Gasteiger partial charge in [0.05, 0.1) is 12.2 Å². The van der Waals surface area contributed by atoms with Gasteiger partial charge >= 0.3 is 5.97 Å². The average molecular weight is 577 g/mol. The molecule has 0 radical (unpaired) electrons. The number of benzene rings is 3. The second-order valence-corrected chi connectivity index (χ2v) is 10.0. The van der Waals surface area contributed by atoms with E-state index in [1.54, 1.807) is 24.3 Å². The van der Waals surface area contributed by atoms with Gasteiger partial charge in [0.15, 0.2) is 11.9 Å². The lowest BCUT2D eigenvalue weighted by molar-refractivity contribution is -0.239. The van der Waals surface area contributed by atoms with Gasteiger partial charge in [-0.25, -0.2) is 4.79 Å². The van der Waals surface area contributed by atoms with E-state index in [4.69, 9.17) is 9.47 Å². The van der Waals surface area contributed by atoms with Gasteiger partial charge in [-0.3, -0.25) is 4.79 Å². The Kier molecular flexibility index (Phi) is 8.01. The highest BCUT2D eigenvalue weighted by Crippen LogP contribution is 2.46. The van der Waals surface area contributed by atoms with Gasteiger partial charge in [-0.15, -0.1) is 0 Å². The number of aliphatic hydroxyl groups excluding tert-OH is 3. The SMILES string of the molecule is O=C(C=Cc1ccc(O)cc1)OC1C(c2c(O)cc(O)c3c2CC(c2ccc(O)cc2)=CC3=O)OC(CO)C(O)C1O. The normalized spacial score (nSPS) is 23.8. The summed E-state index contributed by atoms with van der Waals surface area (Å²) in [5, 5.41) is 72.1. The molecule has 1 heterocycles. The number of ether oxygens (including phenoxy) is 2. The number of carbonyl (C=O) groups is 2. The maximum absolute atomic E-state index is 13.2. The van der Waals surface area contributed by atoms with Crippen LogP contribution in [0, 0.1) is 0 Å². The Balaban J connectivity index is 1.54. The van der Waals surface area contributed by atoms with Crippen molar-refractivity contribution in [2.75, 3.05) is 6.61 Å². The van der Waals surface area contributed by atoms with E-state index in [2.05, 4.69) is 0 Å². The molecule has 2 aliphatic rings. The topological polar surface area (TPSA) is 194 Å². The zero-order valence-electron chi connectivity index (χ0n) is 22.0. The van der Waals surface area contributed by atoms with Gasteiger partial charge in [0.1, 0.15) is 47.4 Å². The first kappa shape index (κ1) is 28.8. The number of phenols is 4. The molecule has 0 aromatic heterocycles. The molecule has 1 saturated heterocycles. The molecule has 1 aliphatic heterocycles. The van der Waals surface area contributed by atoms with Crippen molar-refractivity contribution in [3.63, 3.8) is 0 Å². The summed E-state index contributed by atoms with van der Waals surface area (Å²) in [6.07, 6.45) is -4.12. The zero-order chi connectivity index (χ0) is 30.1. The Morgan fingerprint density at radius 2 is 1.57 bits per heavy atom. The Morgan fingerprint density at radius 3 is 2.21 bits per heavy atom. The molecule has 3 aromatic carbocycles. The zero-order valence-corrected chi connectivity index (χ0v) is 22.0. The monoisotopic (exact) mass is 576 g/mol. The third-order valence-corrected chi connectivity index (χ3v) is 7.30. The number of fused-ring (bicyclic) bond motifs is 1. The molecule has 3 aromatic rings. The van der Waals surface area contributed by atoms with Crippen molar-refractivity contribution in [2.45, 2.75) is 36.9 Å². The molecule has 1 fully saturated rings. The molecule has 5 unspecified atom stereocenters. The van der Waals surface area contributed by atoms with Crippen LogP contribution in [0.25, 0.3) is 11.6 Å². The lowest BCUT2D eigenvalue weighted by Crippen LogP contribution is -2.56. The van der Waals surface area contributed by atoms with Crippen molar-refractivity contribution in [3.8, 4) is 23.0 Å². The van der Waals surface area contributed by atoms with E-state index < -0.39 is 60.4 Å². The van der Waals surface area contributed by atoms with Crippen LogP contribution in [0.3, 0.4) is 0 Å². The maximum atomic E-state index is 13.2. The number of ketones is 1. The predicted molar refractivity (Wildman–Crippen MR) is 148 cm³/mol. The number of allylic oxidation sites excluding steroid dienone is 2. The Bertz CT molecular complexity index is 1560. The van der Waals surface area contributed by atoms with E-state index in [-0.39, 0.29) is 34.6 Å². The number of carbonyl (C=O) groups excluding carboxylic acids is 2. The fraction of sp³-hybridized carbons (Fsp3) is 0.226. The number of rotatable bonds is 6. The number of hydrogen-bond acceptors (Lipinski definition) is 11. The van der Waals surface area contributed by atoms with E-state index in [1.165, 1.54) is 36.4 Å². The number of phenolic OH excluding ortho intramolecular Hbond substituents is 4. The quantitative estimate of drug-likeness (QED) is 0.168. The molecule has 1 aliphatic carbocycles.